The van der Waals surface area contributed by atoms with Crippen molar-refractivity contribution < 1.29 is 0 Å². The van der Waals surface area contributed by atoms with Gasteiger partial charge in [0.1, 0.15) is 0 Å². The highest BCUT2D eigenvalue weighted by Gasteiger charge is 2.06. The Morgan fingerprint density at radius 3 is 2.91 bits per heavy atom. The number of rotatable bonds is 3. The fraction of sp³-hybridized carbons (Fsp3) is 0.571. The minimum absolute atomic E-state index is 0.662. The summed E-state index contributed by atoms with van der Waals surface area (Å²) in [5.74, 6) is 0.910. The minimum atomic E-state index is 0.662. The van der Waals surface area contributed by atoms with Gasteiger partial charge in [0.15, 0.2) is 5.82 Å². The average Bonchev–Trinajstić information content (AvgIpc) is 2.34. The number of nitrogens with two attached hydrogens (primary N) is 1. The molecular weight excluding hydrogens is 140 g/mol. The van der Waals surface area contributed by atoms with Crippen LogP contribution in [0.1, 0.15) is 11.3 Å². The summed E-state index contributed by atoms with van der Waals surface area (Å²) < 4.78 is 0. The first-order valence-corrected chi connectivity index (χ1v) is 3.71. The monoisotopic (exact) mass is 154 g/mol. The minimum Gasteiger partial charge on any atom is -0.371 e. The largest absolute Gasteiger partial charge is 0.371 e. The Hall–Kier alpha value is -1.03. The molecule has 0 aromatic carbocycles. The number of hydrogen-bond acceptors (Lipinski definition) is 3. The van der Waals surface area contributed by atoms with Gasteiger partial charge in [-0.25, -0.2) is 0 Å². The van der Waals surface area contributed by atoms with Crippen molar-refractivity contribution in [2.45, 2.75) is 13.3 Å². The highest BCUT2D eigenvalue weighted by Crippen LogP contribution is 2.14. The van der Waals surface area contributed by atoms with Gasteiger partial charge in [-0.3, -0.25) is 5.10 Å². The lowest BCUT2D eigenvalue weighted by Crippen LogP contribution is -2.05. The second-order valence-corrected chi connectivity index (χ2v) is 2.46. The fourth-order valence-electron chi connectivity index (χ4n) is 1.11. The summed E-state index contributed by atoms with van der Waals surface area (Å²) >= 11 is 0. The number of nitrogens with one attached hydrogen (secondary N) is 2. The molecule has 0 unspecified atom stereocenters. The number of H-pyrrole nitrogens is 1. The molecule has 0 spiro atoms. The van der Waals surface area contributed by atoms with E-state index in [4.69, 9.17) is 5.73 Å². The standard InChI is InChI=1S/C7H14N4/c1-5-6(3-4-8)7(9-2)11-10-5/h3-4,8H2,1-2H3,(H2,9,10,11). The van der Waals surface area contributed by atoms with E-state index in [0.29, 0.717) is 6.54 Å². The zero-order valence-corrected chi connectivity index (χ0v) is 6.94. The quantitative estimate of drug-likeness (QED) is 0.585. The zero-order valence-electron chi connectivity index (χ0n) is 6.94. The first-order chi connectivity index (χ1) is 5.29. The molecule has 0 bridgehead atoms. The number of anilines is 1. The third-order valence-electron chi connectivity index (χ3n) is 1.71. The van der Waals surface area contributed by atoms with Crippen LogP contribution in [0.3, 0.4) is 0 Å². The number of aryl methyl sites for hydroxylation is 1. The Kier molecular flexibility index (Phi) is 2.48. The van der Waals surface area contributed by atoms with Crippen molar-refractivity contribution in [1.29, 1.82) is 0 Å². The average molecular weight is 154 g/mol. The number of aromatic amines is 1. The number of hydrogen-bond donors (Lipinski definition) is 3. The molecular formula is C7H14N4. The van der Waals surface area contributed by atoms with Crippen LogP contribution >= 0.6 is 0 Å². The Labute approximate surface area is 66.2 Å². The van der Waals surface area contributed by atoms with Gasteiger partial charge < -0.3 is 11.1 Å². The highest BCUT2D eigenvalue weighted by molar-refractivity contribution is 5.45. The van der Waals surface area contributed by atoms with Crippen LogP contribution in [0, 0.1) is 6.92 Å². The van der Waals surface area contributed by atoms with E-state index in [9.17, 15) is 0 Å². The van der Waals surface area contributed by atoms with E-state index in [1.54, 1.807) is 0 Å². The Bertz CT molecular complexity index is 228. The molecule has 0 aliphatic heterocycles. The van der Waals surface area contributed by atoms with Gasteiger partial charge in [0.25, 0.3) is 0 Å². The molecule has 62 valence electrons. The highest BCUT2D eigenvalue weighted by atomic mass is 15.2. The maximum Gasteiger partial charge on any atom is 0.151 e. The van der Waals surface area contributed by atoms with Crippen molar-refractivity contribution in [2.24, 2.45) is 5.73 Å². The Morgan fingerprint density at radius 2 is 2.36 bits per heavy atom. The van der Waals surface area contributed by atoms with Gasteiger partial charge in [0.05, 0.1) is 0 Å². The number of aromatic nitrogens is 2. The van der Waals surface area contributed by atoms with Gasteiger partial charge >= 0.3 is 0 Å². The van der Waals surface area contributed by atoms with Gasteiger partial charge in [-0.05, 0) is 19.9 Å². The summed E-state index contributed by atoms with van der Waals surface area (Å²) in [6.45, 7) is 2.66. The van der Waals surface area contributed by atoms with Gasteiger partial charge in [-0.15, -0.1) is 0 Å². The molecule has 0 amide bonds. The third kappa shape index (κ3) is 1.51. The van der Waals surface area contributed by atoms with Crippen LogP contribution in [0.4, 0.5) is 5.82 Å². The molecule has 1 aromatic rings. The van der Waals surface area contributed by atoms with Crippen LogP contribution in [-0.2, 0) is 6.42 Å². The zero-order chi connectivity index (χ0) is 8.27. The molecule has 1 heterocycles. The summed E-state index contributed by atoms with van der Waals surface area (Å²) in [6.07, 6.45) is 0.874. The van der Waals surface area contributed by atoms with Crippen molar-refractivity contribution in [1.82, 2.24) is 10.2 Å². The molecule has 4 nitrogen and oxygen atoms in total. The van der Waals surface area contributed by atoms with Gasteiger partial charge in [0, 0.05) is 18.3 Å². The lowest BCUT2D eigenvalue weighted by atomic mass is 10.2. The Morgan fingerprint density at radius 1 is 1.64 bits per heavy atom. The lowest BCUT2D eigenvalue weighted by molar-refractivity contribution is 0.957. The molecule has 0 saturated carbocycles. The summed E-state index contributed by atoms with van der Waals surface area (Å²) in [5, 5.41) is 9.97. The van der Waals surface area contributed by atoms with Crippen LogP contribution in [0.25, 0.3) is 0 Å². The van der Waals surface area contributed by atoms with Crippen molar-refractivity contribution >= 4 is 5.82 Å². The molecule has 1 aromatic heterocycles. The summed E-state index contributed by atoms with van der Waals surface area (Å²) in [6, 6.07) is 0. The van der Waals surface area contributed by atoms with Crippen LogP contribution < -0.4 is 11.1 Å². The second-order valence-electron chi connectivity index (χ2n) is 2.46. The van der Waals surface area contributed by atoms with Crippen molar-refractivity contribution in [3.8, 4) is 0 Å². The molecule has 0 fully saturated rings. The van der Waals surface area contributed by atoms with Crippen LogP contribution in [-0.4, -0.2) is 23.8 Å². The first-order valence-electron chi connectivity index (χ1n) is 3.71. The maximum atomic E-state index is 5.44. The first kappa shape index (κ1) is 8.07. The molecule has 1 rings (SSSR count). The SMILES string of the molecule is CNc1n[nH]c(C)c1CCN. The normalized spacial score (nSPS) is 10.1. The van der Waals surface area contributed by atoms with E-state index in [0.717, 1.165) is 17.9 Å². The van der Waals surface area contributed by atoms with E-state index in [1.165, 1.54) is 5.56 Å². The van der Waals surface area contributed by atoms with E-state index in [2.05, 4.69) is 15.5 Å². The second kappa shape index (κ2) is 3.39. The summed E-state index contributed by atoms with van der Waals surface area (Å²) in [5.41, 5.74) is 7.73. The van der Waals surface area contributed by atoms with E-state index in [1.807, 2.05) is 14.0 Å². The van der Waals surface area contributed by atoms with Crippen molar-refractivity contribution in [3.05, 3.63) is 11.3 Å². The van der Waals surface area contributed by atoms with Crippen molar-refractivity contribution in [2.75, 3.05) is 18.9 Å². The van der Waals surface area contributed by atoms with Gasteiger partial charge in [0.2, 0.25) is 0 Å². The maximum absolute atomic E-state index is 5.44. The molecule has 4 heteroatoms. The van der Waals surface area contributed by atoms with Crippen molar-refractivity contribution in [3.63, 3.8) is 0 Å². The molecule has 4 N–H and O–H groups in total. The Balaban J connectivity index is 2.88. The predicted octanol–water partition coefficient (Wildman–Crippen LogP) is 0.261. The smallest absolute Gasteiger partial charge is 0.151 e. The molecule has 0 aliphatic rings. The van der Waals surface area contributed by atoms with Crippen LogP contribution in [0.5, 0.6) is 0 Å². The molecule has 0 radical (unpaired) electrons. The molecule has 0 atom stereocenters. The summed E-state index contributed by atoms with van der Waals surface area (Å²) in [4.78, 5) is 0. The number of nitrogens with zero attached hydrogens (tertiary/aromatic N) is 1. The van der Waals surface area contributed by atoms with Gasteiger partial charge in [-0.2, -0.15) is 5.10 Å². The van der Waals surface area contributed by atoms with E-state index in [-0.39, 0.29) is 0 Å². The molecule has 0 saturated heterocycles. The van der Waals surface area contributed by atoms with Crippen LogP contribution in [0.2, 0.25) is 0 Å². The van der Waals surface area contributed by atoms with Gasteiger partial charge in [-0.1, -0.05) is 0 Å². The van der Waals surface area contributed by atoms with E-state index >= 15 is 0 Å². The predicted molar refractivity (Wildman–Crippen MR) is 45.6 cm³/mol. The molecule has 11 heavy (non-hydrogen) atoms. The lowest BCUT2D eigenvalue weighted by Gasteiger charge is -1.99. The molecule has 0 aliphatic carbocycles. The third-order valence-corrected chi connectivity index (χ3v) is 1.71. The fourth-order valence-corrected chi connectivity index (χ4v) is 1.11. The topological polar surface area (TPSA) is 66.7 Å². The van der Waals surface area contributed by atoms with E-state index < -0.39 is 0 Å². The van der Waals surface area contributed by atoms with Crippen LogP contribution in [0.15, 0.2) is 0 Å². The summed E-state index contributed by atoms with van der Waals surface area (Å²) in [7, 11) is 1.86.